The van der Waals surface area contributed by atoms with E-state index in [1.807, 2.05) is 0 Å². The summed E-state index contributed by atoms with van der Waals surface area (Å²) in [5.41, 5.74) is 0. The highest BCUT2D eigenvalue weighted by Crippen LogP contribution is 2.38. The van der Waals surface area contributed by atoms with Gasteiger partial charge in [-0.2, -0.15) is 11.8 Å². The fourth-order valence-corrected chi connectivity index (χ4v) is 4.27. The van der Waals surface area contributed by atoms with Crippen molar-refractivity contribution < 1.29 is 0 Å². The fraction of sp³-hybridized carbons (Fsp3) is 1.00. The van der Waals surface area contributed by atoms with Crippen molar-refractivity contribution in [1.82, 2.24) is 5.32 Å². The standard InChI is InChI=1S/C17H33NS/c1-3-14-7-8-16(13-18-17-9-10-17)15(12-14)6-5-11-19-4-2/h14-18H,3-13H2,1-2H3. The highest BCUT2D eigenvalue weighted by molar-refractivity contribution is 7.99. The average Bonchev–Trinajstić information content (AvgIpc) is 3.26. The molecule has 2 fully saturated rings. The lowest BCUT2D eigenvalue weighted by molar-refractivity contribution is 0.162. The van der Waals surface area contributed by atoms with Gasteiger partial charge in [-0.3, -0.25) is 0 Å². The maximum absolute atomic E-state index is 3.79. The van der Waals surface area contributed by atoms with Crippen LogP contribution in [0.2, 0.25) is 0 Å². The molecule has 2 aliphatic rings. The zero-order valence-corrected chi connectivity index (χ0v) is 13.8. The molecule has 0 spiro atoms. The van der Waals surface area contributed by atoms with Crippen molar-refractivity contribution in [2.24, 2.45) is 17.8 Å². The van der Waals surface area contributed by atoms with Crippen LogP contribution in [0.5, 0.6) is 0 Å². The van der Waals surface area contributed by atoms with Crippen molar-refractivity contribution in [1.29, 1.82) is 0 Å². The fourth-order valence-electron chi connectivity index (χ4n) is 3.61. The third-order valence-corrected chi connectivity index (χ3v) is 6.13. The van der Waals surface area contributed by atoms with E-state index in [-0.39, 0.29) is 0 Å². The monoisotopic (exact) mass is 283 g/mol. The largest absolute Gasteiger partial charge is 0.314 e. The van der Waals surface area contributed by atoms with Crippen molar-refractivity contribution in [3.63, 3.8) is 0 Å². The molecule has 0 aliphatic heterocycles. The normalized spacial score (nSPS) is 31.6. The maximum atomic E-state index is 3.79. The topological polar surface area (TPSA) is 12.0 Å². The molecule has 0 amide bonds. The second kappa shape index (κ2) is 8.56. The van der Waals surface area contributed by atoms with Gasteiger partial charge in [0, 0.05) is 6.04 Å². The van der Waals surface area contributed by atoms with Crippen LogP contribution in [0.3, 0.4) is 0 Å². The molecule has 0 aromatic carbocycles. The van der Waals surface area contributed by atoms with E-state index in [0.29, 0.717) is 0 Å². The molecule has 19 heavy (non-hydrogen) atoms. The number of hydrogen-bond acceptors (Lipinski definition) is 2. The summed E-state index contributed by atoms with van der Waals surface area (Å²) in [5, 5.41) is 3.79. The van der Waals surface area contributed by atoms with E-state index < -0.39 is 0 Å². The van der Waals surface area contributed by atoms with Gasteiger partial charge in [0.25, 0.3) is 0 Å². The molecule has 1 nitrogen and oxygen atoms in total. The van der Waals surface area contributed by atoms with E-state index in [9.17, 15) is 0 Å². The number of rotatable bonds is 9. The van der Waals surface area contributed by atoms with Gasteiger partial charge >= 0.3 is 0 Å². The molecule has 2 aliphatic carbocycles. The van der Waals surface area contributed by atoms with E-state index in [1.165, 1.54) is 69.4 Å². The van der Waals surface area contributed by atoms with E-state index in [0.717, 1.165) is 23.8 Å². The minimum Gasteiger partial charge on any atom is -0.314 e. The lowest BCUT2D eigenvalue weighted by atomic mass is 9.71. The van der Waals surface area contributed by atoms with Gasteiger partial charge < -0.3 is 5.32 Å². The average molecular weight is 284 g/mol. The smallest absolute Gasteiger partial charge is 0.00683 e. The van der Waals surface area contributed by atoms with Crippen LogP contribution in [0.25, 0.3) is 0 Å². The predicted molar refractivity (Wildman–Crippen MR) is 87.9 cm³/mol. The third kappa shape index (κ3) is 5.67. The lowest BCUT2D eigenvalue weighted by Crippen LogP contribution is -2.34. The van der Waals surface area contributed by atoms with Crippen LogP contribution in [-0.2, 0) is 0 Å². The third-order valence-electron chi connectivity index (χ3n) is 5.14. The molecule has 0 bridgehead atoms. The number of thioether (sulfide) groups is 1. The zero-order chi connectivity index (χ0) is 13.5. The first-order valence-corrected chi connectivity index (χ1v) is 9.80. The molecule has 2 saturated carbocycles. The Labute approximate surface area is 124 Å². The van der Waals surface area contributed by atoms with Gasteiger partial charge in [0.1, 0.15) is 0 Å². The Morgan fingerprint density at radius 2 is 1.89 bits per heavy atom. The van der Waals surface area contributed by atoms with Crippen molar-refractivity contribution in [2.45, 2.75) is 71.3 Å². The molecule has 3 atom stereocenters. The maximum Gasteiger partial charge on any atom is 0.00683 e. The molecular weight excluding hydrogens is 250 g/mol. The first-order valence-electron chi connectivity index (χ1n) is 8.64. The van der Waals surface area contributed by atoms with Gasteiger partial charge in [-0.05, 0) is 74.3 Å². The van der Waals surface area contributed by atoms with Crippen LogP contribution in [-0.4, -0.2) is 24.1 Å². The zero-order valence-electron chi connectivity index (χ0n) is 13.0. The van der Waals surface area contributed by atoms with Crippen molar-refractivity contribution in [2.75, 3.05) is 18.1 Å². The minimum absolute atomic E-state index is 0.889. The van der Waals surface area contributed by atoms with Crippen molar-refractivity contribution in [3.05, 3.63) is 0 Å². The minimum atomic E-state index is 0.889. The Hall–Kier alpha value is 0.310. The summed E-state index contributed by atoms with van der Waals surface area (Å²) in [6, 6.07) is 0.889. The summed E-state index contributed by atoms with van der Waals surface area (Å²) in [4.78, 5) is 0. The molecule has 2 rings (SSSR count). The van der Waals surface area contributed by atoms with Gasteiger partial charge in [-0.1, -0.05) is 26.7 Å². The first kappa shape index (κ1) is 15.7. The summed E-state index contributed by atoms with van der Waals surface area (Å²) < 4.78 is 0. The van der Waals surface area contributed by atoms with Crippen LogP contribution in [0.1, 0.15) is 65.2 Å². The molecule has 0 radical (unpaired) electrons. The van der Waals surface area contributed by atoms with Crippen LogP contribution in [0, 0.1) is 17.8 Å². The van der Waals surface area contributed by atoms with E-state index >= 15 is 0 Å². The Kier molecular flexibility index (Phi) is 7.07. The first-order chi connectivity index (χ1) is 9.33. The molecule has 3 unspecified atom stereocenters. The van der Waals surface area contributed by atoms with Crippen molar-refractivity contribution in [3.8, 4) is 0 Å². The Balaban J connectivity index is 1.72. The highest BCUT2D eigenvalue weighted by Gasteiger charge is 2.30. The number of nitrogens with one attached hydrogen (secondary N) is 1. The Morgan fingerprint density at radius 1 is 1.05 bits per heavy atom. The van der Waals surface area contributed by atoms with Crippen LogP contribution in [0.15, 0.2) is 0 Å². The van der Waals surface area contributed by atoms with Gasteiger partial charge in [-0.15, -0.1) is 0 Å². The van der Waals surface area contributed by atoms with Crippen LogP contribution < -0.4 is 5.32 Å². The Bertz CT molecular complexity index is 239. The van der Waals surface area contributed by atoms with Gasteiger partial charge in [0.15, 0.2) is 0 Å². The van der Waals surface area contributed by atoms with Crippen LogP contribution in [0.4, 0.5) is 0 Å². The molecule has 1 N–H and O–H groups in total. The summed E-state index contributed by atoms with van der Waals surface area (Å²) in [7, 11) is 0. The summed E-state index contributed by atoms with van der Waals surface area (Å²) in [5.74, 6) is 5.69. The quantitative estimate of drug-likeness (QED) is 0.615. The van der Waals surface area contributed by atoms with Gasteiger partial charge in [0.05, 0.1) is 0 Å². The number of hydrogen-bond donors (Lipinski definition) is 1. The lowest BCUT2D eigenvalue weighted by Gasteiger charge is -2.36. The molecule has 2 heteroatoms. The Morgan fingerprint density at radius 3 is 2.58 bits per heavy atom. The van der Waals surface area contributed by atoms with Crippen molar-refractivity contribution >= 4 is 11.8 Å². The molecule has 0 saturated heterocycles. The molecule has 0 aromatic heterocycles. The van der Waals surface area contributed by atoms with Gasteiger partial charge in [-0.25, -0.2) is 0 Å². The van der Waals surface area contributed by atoms with E-state index in [4.69, 9.17) is 0 Å². The predicted octanol–water partition coefficient (Wildman–Crippen LogP) is 4.71. The highest BCUT2D eigenvalue weighted by atomic mass is 32.2. The molecule has 0 aromatic rings. The molecule has 0 heterocycles. The SMILES string of the molecule is CCSCCCC1CC(CC)CCC1CNC1CC1. The summed E-state index contributed by atoms with van der Waals surface area (Å²) in [6.07, 6.45) is 11.7. The second-order valence-electron chi connectivity index (χ2n) is 6.63. The molecular formula is C17H33NS. The van der Waals surface area contributed by atoms with E-state index in [1.54, 1.807) is 0 Å². The van der Waals surface area contributed by atoms with E-state index in [2.05, 4.69) is 30.9 Å². The van der Waals surface area contributed by atoms with Gasteiger partial charge in [0.2, 0.25) is 0 Å². The summed E-state index contributed by atoms with van der Waals surface area (Å²) >= 11 is 2.12. The van der Waals surface area contributed by atoms with Crippen LogP contribution >= 0.6 is 11.8 Å². The summed E-state index contributed by atoms with van der Waals surface area (Å²) in [6.45, 7) is 5.98. The molecule has 112 valence electrons. The second-order valence-corrected chi connectivity index (χ2v) is 8.02.